The van der Waals surface area contributed by atoms with Gasteiger partial charge in [0.25, 0.3) is 0 Å². The Hall–Kier alpha value is -0.690. The summed E-state index contributed by atoms with van der Waals surface area (Å²) in [7, 11) is -1.59. The summed E-state index contributed by atoms with van der Waals surface area (Å²) in [6, 6.07) is 3.74. The highest BCUT2D eigenvalue weighted by atomic mass is 79.9. The van der Waals surface area contributed by atoms with E-state index in [1.165, 1.54) is 12.1 Å². The summed E-state index contributed by atoms with van der Waals surface area (Å²) in [5.74, 6) is 0. The lowest BCUT2D eigenvalue weighted by molar-refractivity contribution is -0.137. The van der Waals surface area contributed by atoms with E-state index in [4.69, 9.17) is 0 Å². The van der Waals surface area contributed by atoms with Gasteiger partial charge in [-0.3, -0.25) is 0 Å². The fourth-order valence-electron chi connectivity index (χ4n) is 1.15. The van der Waals surface area contributed by atoms with Crippen molar-refractivity contribution < 1.29 is 17.4 Å². The van der Waals surface area contributed by atoms with Crippen molar-refractivity contribution >= 4 is 33.1 Å². The Morgan fingerprint density at radius 3 is 2.32 bits per heavy atom. The van der Waals surface area contributed by atoms with Crippen LogP contribution < -0.4 is 0 Å². The SMILES string of the molecule is CC(C)(C)S(=O)N=Cc1ccc(Br)cc1C(F)(F)F. The van der Waals surface area contributed by atoms with Crippen molar-refractivity contribution in [2.24, 2.45) is 4.40 Å². The van der Waals surface area contributed by atoms with Gasteiger partial charge in [0, 0.05) is 16.3 Å². The molecule has 0 fully saturated rings. The molecule has 1 rings (SSSR count). The van der Waals surface area contributed by atoms with Gasteiger partial charge in [-0.1, -0.05) is 22.0 Å². The smallest absolute Gasteiger partial charge is 0.234 e. The number of alkyl halides is 3. The topological polar surface area (TPSA) is 29.4 Å². The number of nitrogens with zero attached hydrogens (tertiary/aromatic N) is 1. The lowest BCUT2D eigenvalue weighted by atomic mass is 10.1. The zero-order chi connectivity index (χ0) is 14.8. The van der Waals surface area contributed by atoms with Gasteiger partial charge in [0.15, 0.2) is 0 Å². The van der Waals surface area contributed by atoms with Crippen LogP contribution in [0.2, 0.25) is 0 Å². The predicted octanol–water partition coefficient (Wildman–Crippen LogP) is 4.35. The van der Waals surface area contributed by atoms with Crippen LogP contribution in [0.15, 0.2) is 27.1 Å². The van der Waals surface area contributed by atoms with Crippen molar-refractivity contribution in [3.63, 3.8) is 0 Å². The fraction of sp³-hybridized carbons (Fsp3) is 0.417. The largest absolute Gasteiger partial charge is 0.417 e. The molecule has 0 aliphatic carbocycles. The van der Waals surface area contributed by atoms with Crippen LogP contribution in [0.1, 0.15) is 31.9 Å². The number of benzene rings is 1. The first-order valence-corrected chi connectivity index (χ1v) is 7.24. The summed E-state index contributed by atoms with van der Waals surface area (Å²) < 4.78 is 53.6. The monoisotopic (exact) mass is 355 g/mol. The maximum atomic E-state index is 12.8. The standard InChI is InChI=1S/C12H13BrF3NOS/c1-11(2,3)19(18)17-7-8-4-5-9(13)6-10(8)12(14,15)16/h4-7H,1-3H3. The van der Waals surface area contributed by atoms with Crippen LogP contribution in [-0.2, 0) is 17.2 Å². The maximum absolute atomic E-state index is 12.8. The highest BCUT2D eigenvalue weighted by molar-refractivity contribution is 9.10. The first kappa shape index (κ1) is 16.4. The van der Waals surface area contributed by atoms with E-state index in [0.717, 1.165) is 12.3 Å². The number of halogens is 4. The molecule has 0 saturated carbocycles. The van der Waals surface area contributed by atoms with Crippen molar-refractivity contribution in [1.82, 2.24) is 0 Å². The summed E-state index contributed by atoms with van der Waals surface area (Å²) in [6.45, 7) is 5.10. The molecule has 0 aliphatic heterocycles. The van der Waals surface area contributed by atoms with Gasteiger partial charge in [0.05, 0.1) is 10.3 Å². The molecule has 1 atom stereocenters. The zero-order valence-electron chi connectivity index (χ0n) is 10.6. The van der Waals surface area contributed by atoms with Gasteiger partial charge >= 0.3 is 6.18 Å². The van der Waals surface area contributed by atoms with Crippen LogP contribution in [0.25, 0.3) is 0 Å². The molecule has 0 saturated heterocycles. The van der Waals surface area contributed by atoms with Gasteiger partial charge in [0.2, 0.25) is 0 Å². The van der Waals surface area contributed by atoms with Crippen molar-refractivity contribution in [2.45, 2.75) is 31.7 Å². The van der Waals surface area contributed by atoms with Crippen LogP contribution in [0.5, 0.6) is 0 Å². The third-order valence-corrected chi connectivity index (χ3v) is 3.97. The van der Waals surface area contributed by atoms with Crippen molar-refractivity contribution in [3.8, 4) is 0 Å². The summed E-state index contributed by atoms with van der Waals surface area (Å²) in [4.78, 5) is 0. The minimum atomic E-state index is -4.48. The Morgan fingerprint density at radius 2 is 1.84 bits per heavy atom. The summed E-state index contributed by atoms with van der Waals surface area (Å²) in [5, 5.41) is 0. The second-order valence-electron chi connectivity index (χ2n) is 4.83. The average molecular weight is 356 g/mol. The normalized spacial score (nSPS) is 14.9. The second kappa shape index (κ2) is 5.75. The highest BCUT2D eigenvalue weighted by Crippen LogP contribution is 2.33. The van der Waals surface area contributed by atoms with E-state index < -0.39 is 27.5 Å². The van der Waals surface area contributed by atoms with Crippen LogP contribution in [0.4, 0.5) is 13.2 Å². The van der Waals surface area contributed by atoms with E-state index in [2.05, 4.69) is 20.3 Å². The number of hydrogen-bond acceptors (Lipinski definition) is 1. The Balaban J connectivity index is 3.16. The van der Waals surface area contributed by atoms with Crippen LogP contribution in [-0.4, -0.2) is 15.2 Å². The van der Waals surface area contributed by atoms with Crippen LogP contribution >= 0.6 is 15.9 Å². The third kappa shape index (κ3) is 4.72. The van der Waals surface area contributed by atoms with E-state index in [9.17, 15) is 17.4 Å². The van der Waals surface area contributed by atoms with E-state index >= 15 is 0 Å². The molecule has 0 N–H and O–H groups in total. The number of hydrogen-bond donors (Lipinski definition) is 0. The van der Waals surface area contributed by atoms with Gasteiger partial charge in [0.1, 0.15) is 11.0 Å². The lowest BCUT2D eigenvalue weighted by Gasteiger charge is -2.13. The Bertz CT molecular complexity index is 521. The zero-order valence-corrected chi connectivity index (χ0v) is 13.0. The molecule has 0 amide bonds. The van der Waals surface area contributed by atoms with E-state index in [-0.39, 0.29) is 5.56 Å². The second-order valence-corrected chi connectivity index (χ2v) is 7.67. The molecule has 1 unspecified atom stereocenters. The highest BCUT2D eigenvalue weighted by Gasteiger charge is 2.33. The number of rotatable bonds is 2. The molecule has 2 nitrogen and oxygen atoms in total. The van der Waals surface area contributed by atoms with Crippen molar-refractivity contribution in [3.05, 3.63) is 33.8 Å². The van der Waals surface area contributed by atoms with Gasteiger partial charge in [-0.2, -0.15) is 17.6 Å². The van der Waals surface area contributed by atoms with Crippen LogP contribution in [0, 0.1) is 0 Å². The minimum absolute atomic E-state index is 0.103. The summed E-state index contributed by atoms with van der Waals surface area (Å²) in [5.41, 5.74) is -0.912. The minimum Gasteiger partial charge on any atom is -0.234 e. The first-order valence-electron chi connectivity index (χ1n) is 5.34. The molecule has 19 heavy (non-hydrogen) atoms. The van der Waals surface area contributed by atoms with Gasteiger partial charge < -0.3 is 0 Å². The fourth-order valence-corrected chi connectivity index (χ4v) is 2.04. The van der Waals surface area contributed by atoms with Gasteiger partial charge in [-0.25, -0.2) is 4.21 Å². The molecular weight excluding hydrogens is 343 g/mol. The molecule has 7 heteroatoms. The van der Waals surface area contributed by atoms with Crippen molar-refractivity contribution in [2.75, 3.05) is 0 Å². The van der Waals surface area contributed by atoms with E-state index in [0.29, 0.717) is 4.47 Å². The molecule has 1 aromatic carbocycles. The van der Waals surface area contributed by atoms with Crippen molar-refractivity contribution in [1.29, 1.82) is 0 Å². The molecule has 0 heterocycles. The third-order valence-electron chi connectivity index (χ3n) is 2.13. The predicted molar refractivity (Wildman–Crippen MR) is 74.6 cm³/mol. The van der Waals surface area contributed by atoms with Gasteiger partial charge in [-0.15, -0.1) is 0 Å². The summed E-state index contributed by atoms with van der Waals surface area (Å²) >= 11 is 3.00. The molecule has 0 bridgehead atoms. The molecule has 0 aliphatic rings. The lowest BCUT2D eigenvalue weighted by Crippen LogP contribution is -2.20. The quantitative estimate of drug-likeness (QED) is 0.725. The van der Waals surface area contributed by atoms with E-state index in [1.54, 1.807) is 20.8 Å². The average Bonchev–Trinajstić information content (AvgIpc) is 2.24. The molecule has 0 aromatic heterocycles. The molecule has 0 spiro atoms. The van der Waals surface area contributed by atoms with Gasteiger partial charge in [-0.05, 0) is 32.9 Å². The Morgan fingerprint density at radius 1 is 1.26 bits per heavy atom. The molecule has 106 valence electrons. The molecule has 0 radical (unpaired) electrons. The summed E-state index contributed by atoms with van der Waals surface area (Å²) in [6.07, 6.45) is -3.47. The van der Waals surface area contributed by atoms with E-state index in [1.807, 2.05) is 0 Å². The Kier molecular flexibility index (Phi) is 4.95. The molecular formula is C12H13BrF3NOS. The Labute approximate surface area is 120 Å². The first-order chi connectivity index (χ1) is 8.51. The maximum Gasteiger partial charge on any atom is 0.417 e. The molecule has 1 aromatic rings. The van der Waals surface area contributed by atoms with Crippen LogP contribution in [0.3, 0.4) is 0 Å².